The second kappa shape index (κ2) is 7.77. The molecule has 0 unspecified atom stereocenters. The van der Waals surface area contributed by atoms with Crippen molar-refractivity contribution in [3.63, 3.8) is 0 Å². The molecule has 0 spiro atoms. The maximum atomic E-state index is 12.2. The molecule has 1 saturated carbocycles. The molecule has 1 aromatic rings. The number of urea groups is 1. The third kappa shape index (κ3) is 4.83. The van der Waals surface area contributed by atoms with Crippen LogP contribution in [0.3, 0.4) is 0 Å². The summed E-state index contributed by atoms with van der Waals surface area (Å²) >= 11 is 0. The summed E-state index contributed by atoms with van der Waals surface area (Å²) in [6, 6.07) is 10.2. The number of hydrogen-bond acceptors (Lipinski definition) is 2. The van der Waals surface area contributed by atoms with Crippen molar-refractivity contribution in [2.45, 2.75) is 49.8 Å². The van der Waals surface area contributed by atoms with E-state index in [0.717, 1.165) is 32.1 Å². The Hall–Kier alpha value is -1.36. The topological polar surface area (TPSA) is 58.2 Å². The highest BCUT2D eigenvalue weighted by molar-refractivity contribution is 7.84. The molecule has 122 valence electrons. The molecule has 2 atom stereocenters. The predicted molar refractivity (Wildman–Crippen MR) is 91.4 cm³/mol. The van der Waals surface area contributed by atoms with Gasteiger partial charge in [-0.1, -0.05) is 43.2 Å². The normalized spacial score (nSPS) is 19.4. The summed E-state index contributed by atoms with van der Waals surface area (Å²) < 4.78 is 11.3. The first-order valence-electron chi connectivity index (χ1n) is 7.93. The van der Waals surface area contributed by atoms with Crippen LogP contribution in [0, 0.1) is 0 Å². The lowest BCUT2D eigenvalue weighted by atomic mass is 9.89. The zero-order valence-corrected chi connectivity index (χ0v) is 14.2. The van der Waals surface area contributed by atoms with Crippen LogP contribution in [-0.2, 0) is 17.2 Å². The van der Waals surface area contributed by atoms with Crippen LogP contribution >= 0.6 is 0 Å². The number of hydrogen-bond donors (Lipinski definition) is 2. The first-order valence-corrected chi connectivity index (χ1v) is 9.55. The zero-order chi connectivity index (χ0) is 16.0. The fraction of sp³-hybridized carbons (Fsp3) is 0.588. The van der Waals surface area contributed by atoms with Gasteiger partial charge in [0.15, 0.2) is 0 Å². The molecule has 2 rings (SSSR count). The second-order valence-electron chi connectivity index (χ2n) is 6.29. The van der Waals surface area contributed by atoms with Gasteiger partial charge in [0.1, 0.15) is 0 Å². The summed E-state index contributed by atoms with van der Waals surface area (Å²) in [4.78, 5) is 12.2. The van der Waals surface area contributed by atoms with E-state index >= 15 is 0 Å². The average Bonchev–Trinajstić information content (AvgIpc) is 2.93. The Morgan fingerprint density at radius 1 is 1.27 bits per heavy atom. The number of rotatable bonds is 6. The van der Waals surface area contributed by atoms with Gasteiger partial charge in [0.05, 0.1) is 0 Å². The van der Waals surface area contributed by atoms with Crippen molar-refractivity contribution in [1.29, 1.82) is 0 Å². The second-order valence-corrected chi connectivity index (χ2v) is 8.10. The zero-order valence-electron chi connectivity index (χ0n) is 13.4. The first-order chi connectivity index (χ1) is 10.5. The average molecular weight is 322 g/mol. The summed E-state index contributed by atoms with van der Waals surface area (Å²) in [5, 5.41) is 6.02. The van der Waals surface area contributed by atoms with E-state index in [1.165, 1.54) is 5.56 Å². The Labute approximate surface area is 135 Å². The van der Waals surface area contributed by atoms with Gasteiger partial charge in [-0.3, -0.25) is 4.21 Å². The third-order valence-corrected chi connectivity index (χ3v) is 5.74. The molecule has 0 aromatic heterocycles. The van der Waals surface area contributed by atoms with Crippen molar-refractivity contribution in [2.75, 3.05) is 12.8 Å². The maximum absolute atomic E-state index is 12.2. The summed E-state index contributed by atoms with van der Waals surface area (Å²) in [6.07, 6.45) is 6.88. The highest BCUT2D eigenvalue weighted by atomic mass is 32.2. The van der Waals surface area contributed by atoms with E-state index in [0.29, 0.717) is 6.54 Å². The number of amides is 2. The number of benzene rings is 1. The quantitative estimate of drug-likeness (QED) is 0.846. The molecule has 1 aliphatic carbocycles. The Kier molecular flexibility index (Phi) is 6.00. The summed E-state index contributed by atoms with van der Waals surface area (Å²) in [5.74, 6) is 0. The molecule has 0 radical (unpaired) electrons. The van der Waals surface area contributed by atoms with Gasteiger partial charge in [-0.15, -0.1) is 0 Å². The molecule has 2 amide bonds. The number of carbonyl (C=O) groups excluding carboxylic acids is 1. The molecule has 5 heteroatoms. The van der Waals surface area contributed by atoms with Crippen LogP contribution in [0.4, 0.5) is 4.79 Å². The van der Waals surface area contributed by atoms with Gasteiger partial charge >= 0.3 is 6.03 Å². The standard InChI is InChI=1S/C17H26N2O2S/c1-14(22(2)21)13-18-16(20)19-17(10-6-7-11-17)12-15-8-4-3-5-9-15/h3-5,8-9,14H,6-7,10-13H2,1-2H3,(H2,18,19,20)/t14-,22+/m0/s1. The van der Waals surface area contributed by atoms with Crippen LogP contribution in [0.5, 0.6) is 0 Å². The maximum Gasteiger partial charge on any atom is 0.315 e. The van der Waals surface area contributed by atoms with E-state index in [1.807, 2.05) is 25.1 Å². The highest BCUT2D eigenvalue weighted by Crippen LogP contribution is 2.32. The molecular formula is C17H26N2O2S. The fourth-order valence-corrected chi connectivity index (χ4v) is 3.34. The van der Waals surface area contributed by atoms with Gasteiger partial charge in [-0.05, 0) is 31.7 Å². The monoisotopic (exact) mass is 322 g/mol. The fourth-order valence-electron chi connectivity index (χ4n) is 3.02. The molecule has 1 aliphatic rings. The van der Waals surface area contributed by atoms with E-state index in [-0.39, 0.29) is 16.8 Å². The van der Waals surface area contributed by atoms with Crippen molar-refractivity contribution in [2.24, 2.45) is 0 Å². The Bertz CT molecular complexity index is 513. The first kappa shape index (κ1) is 17.0. The summed E-state index contributed by atoms with van der Waals surface area (Å²) in [5.41, 5.74) is 1.12. The van der Waals surface area contributed by atoms with E-state index in [1.54, 1.807) is 6.26 Å². The van der Waals surface area contributed by atoms with Crippen molar-refractivity contribution >= 4 is 16.8 Å². The molecule has 4 nitrogen and oxygen atoms in total. The van der Waals surface area contributed by atoms with E-state index in [4.69, 9.17) is 0 Å². The number of carbonyl (C=O) groups is 1. The van der Waals surface area contributed by atoms with E-state index in [9.17, 15) is 9.00 Å². The Morgan fingerprint density at radius 3 is 2.50 bits per heavy atom. The van der Waals surface area contributed by atoms with E-state index < -0.39 is 10.8 Å². The van der Waals surface area contributed by atoms with Crippen molar-refractivity contribution in [3.05, 3.63) is 35.9 Å². The lowest BCUT2D eigenvalue weighted by Crippen LogP contribution is -2.52. The van der Waals surface area contributed by atoms with Gasteiger partial charge in [-0.25, -0.2) is 4.79 Å². The molecule has 1 fully saturated rings. The molecule has 1 aromatic carbocycles. The van der Waals surface area contributed by atoms with E-state index in [2.05, 4.69) is 22.8 Å². The Morgan fingerprint density at radius 2 is 1.91 bits per heavy atom. The van der Waals surface area contributed by atoms with Crippen LogP contribution in [0.25, 0.3) is 0 Å². The minimum absolute atomic E-state index is 0.0283. The van der Waals surface area contributed by atoms with Crippen LogP contribution in [-0.4, -0.2) is 33.8 Å². The van der Waals surface area contributed by atoms with Gasteiger partial charge in [0.25, 0.3) is 0 Å². The highest BCUT2D eigenvalue weighted by Gasteiger charge is 2.35. The lowest BCUT2D eigenvalue weighted by Gasteiger charge is -2.31. The molecule has 22 heavy (non-hydrogen) atoms. The van der Waals surface area contributed by atoms with Crippen LogP contribution in [0.2, 0.25) is 0 Å². The largest absolute Gasteiger partial charge is 0.337 e. The molecule has 0 heterocycles. The third-order valence-electron chi connectivity index (χ3n) is 4.44. The Balaban J connectivity index is 1.93. The van der Waals surface area contributed by atoms with Crippen LogP contribution in [0.1, 0.15) is 38.2 Å². The van der Waals surface area contributed by atoms with Crippen LogP contribution < -0.4 is 10.6 Å². The summed E-state index contributed by atoms with van der Waals surface area (Å²) in [6.45, 7) is 2.32. The van der Waals surface area contributed by atoms with Gasteiger partial charge in [0.2, 0.25) is 0 Å². The summed E-state index contributed by atoms with van der Waals surface area (Å²) in [7, 11) is -0.915. The molecular weight excluding hydrogens is 296 g/mol. The molecule has 0 saturated heterocycles. The molecule has 0 bridgehead atoms. The smallest absolute Gasteiger partial charge is 0.315 e. The van der Waals surface area contributed by atoms with Crippen molar-refractivity contribution in [3.8, 4) is 0 Å². The van der Waals surface area contributed by atoms with Gasteiger partial charge in [0, 0.05) is 34.4 Å². The minimum atomic E-state index is -0.915. The molecule has 0 aliphatic heterocycles. The van der Waals surface area contributed by atoms with Crippen molar-refractivity contribution < 1.29 is 9.00 Å². The lowest BCUT2D eigenvalue weighted by molar-refractivity contribution is 0.224. The van der Waals surface area contributed by atoms with Gasteiger partial charge in [-0.2, -0.15) is 0 Å². The van der Waals surface area contributed by atoms with Gasteiger partial charge < -0.3 is 10.6 Å². The predicted octanol–water partition coefficient (Wildman–Crippen LogP) is 2.61. The molecule has 2 N–H and O–H groups in total. The number of nitrogens with one attached hydrogen (secondary N) is 2. The SMILES string of the molecule is C[C@@H](CNC(=O)NC1(Cc2ccccc2)CCCC1)[S@@](C)=O. The minimum Gasteiger partial charge on any atom is -0.337 e. The van der Waals surface area contributed by atoms with Crippen LogP contribution in [0.15, 0.2) is 30.3 Å². The van der Waals surface area contributed by atoms with Crippen molar-refractivity contribution in [1.82, 2.24) is 10.6 Å².